The molecule has 6 rings (SSSR count). The maximum absolute atomic E-state index is 12.2. The number of phenolic OH excluding ortho intramolecular Hbond substituents is 1. The minimum absolute atomic E-state index is 0.0800. The van der Waals surface area contributed by atoms with E-state index in [0.29, 0.717) is 23.8 Å². The highest BCUT2D eigenvalue weighted by atomic mass is 28.3. The molecule has 0 radical (unpaired) electrons. The molecule has 1 aliphatic heterocycles. The van der Waals surface area contributed by atoms with Crippen molar-refractivity contribution in [2.75, 3.05) is 39.0 Å². The van der Waals surface area contributed by atoms with Gasteiger partial charge in [-0.25, -0.2) is 4.98 Å². The van der Waals surface area contributed by atoms with Crippen LogP contribution in [0, 0.1) is 11.8 Å². The molecule has 324 valence electrons. The lowest BCUT2D eigenvalue weighted by Crippen LogP contribution is -2.43. The molecule has 0 amide bonds. The Labute approximate surface area is 354 Å². The van der Waals surface area contributed by atoms with Gasteiger partial charge in [0.25, 0.3) is 0 Å². The molecule has 10 nitrogen and oxygen atoms in total. The van der Waals surface area contributed by atoms with Gasteiger partial charge in [0.2, 0.25) is 5.56 Å². The number of benzene rings is 2. The molecule has 1 saturated heterocycles. The van der Waals surface area contributed by atoms with Gasteiger partial charge in [0.1, 0.15) is 12.1 Å². The van der Waals surface area contributed by atoms with Gasteiger partial charge in [-0.1, -0.05) is 122 Å². The molecule has 2 aromatic heterocycles. The molecule has 0 spiro atoms. The summed E-state index contributed by atoms with van der Waals surface area (Å²) < 4.78 is 8.70. The van der Waals surface area contributed by atoms with Crippen molar-refractivity contribution in [1.29, 1.82) is 0 Å². The number of phenols is 1. The van der Waals surface area contributed by atoms with Crippen LogP contribution in [0.3, 0.4) is 0 Å². The van der Waals surface area contributed by atoms with Crippen molar-refractivity contribution in [1.82, 2.24) is 30.0 Å². The highest BCUT2D eigenvalue weighted by molar-refractivity contribution is 6.80. The molecule has 1 saturated carbocycles. The van der Waals surface area contributed by atoms with E-state index in [9.17, 15) is 15.0 Å². The Morgan fingerprint density at radius 1 is 0.898 bits per heavy atom. The van der Waals surface area contributed by atoms with Crippen LogP contribution >= 0.6 is 0 Å². The monoisotopic (exact) mass is 827 g/mol. The number of likely N-dealkylation sites (tertiary alicyclic amines) is 1. The van der Waals surface area contributed by atoms with Crippen LogP contribution in [0.5, 0.6) is 5.75 Å². The van der Waals surface area contributed by atoms with E-state index in [4.69, 9.17) is 14.8 Å². The van der Waals surface area contributed by atoms with Gasteiger partial charge in [-0.15, -0.1) is 0 Å². The van der Waals surface area contributed by atoms with Gasteiger partial charge in [-0.2, -0.15) is 5.10 Å². The number of aromatic nitrogens is 4. The molecule has 59 heavy (non-hydrogen) atoms. The Balaban J connectivity index is 0.856. The Morgan fingerprint density at radius 2 is 1.59 bits per heavy atom. The summed E-state index contributed by atoms with van der Waals surface area (Å²) in [5.74, 6) is 1.39. The summed E-state index contributed by atoms with van der Waals surface area (Å²) in [4.78, 5) is 22.2. The molecule has 2 aromatic carbocycles. The van der Waals surface area contributed by atoms with Crippen LogP contribution in [-0.2, 0) is 16.9 Å². The van der Waals surface area contributed by atoms with Crippen molar-refractivity contribution in [3.63, 3.8) is 0 Å². The number of hydrogen-bond donors (Lipinski definition) is 4. The molecule has 2 unspecified atom stereocenters. The Morgan fingerprint density at radius 3 is 2.31 bits per heavy atom. The quantitative estimate of drug-likeness (QED) is 0.0484. The predicted octanol–water partition coefficient (Wildman–Crippen LogP) is 9.48. The minimum atomic E-state index is -1.68. The molecular weight excluding hydrogens is 753 g/mol. The third-order valence-electron chi connectivity index (χ3n) is 14.0. The van der Waals surface area contributed by atoms with Crippen molar-refractivity contribution in [2.24, 2.45) is 11.8 Å². The van der Waals surface area contributed by atoms with Crippen LogP contribution in [-0.4, -0.2) is 81.9 Å². The number of hydrogen-bond acceptors (Lipinski definition) is 8. The Hall–Kier alpha value is -3.35. The van der Waals surface area contributed by atoms with Gasteiger partial charge in [0, 0.05) is 30.8 Å². The van der Waals surface area contributed by atoms with E-state index in [1.807, 2.05) is 47.4 Å². The zero-order chi connectivity index (χ0) is 41.9. The van der Waals surface area contributed by atoms with E-state index in [0.717, 1.165) is 81.0 Å². The van der Waals surface area contributed by atoms with Gasteiger partial charge in [-0.3, -0.25) is 9.48 Å². The standard InChI is InChI=1S/C48H74N6O4Si/c1-47(2,3)59(4,5)36-58-43(40-23-25-42(55)45-41(40)24-26-44(56)51-45)33-49-29-17-9-7-6-8-10-18-30-53-31-27-37(28-32-53)34-54-35-50-46(52-54)48(57,38-19-13-11-14-20-38)39-21-15-12-16-22-39/h11,13-14,19-20,23-26,35,37,39,43,49,55,57H,6-10,12,15-18,21-22,27-34,36H2,1-5H3,(H,51,56). The van der Waals surface area contributed by atoms with Crippen molar-refractivity contribution in [3.05, 3.63) is 88.2 Å². The summed E-state index contributed by atoms with van der Waals surface area (Å²) in [5, 5.41) is 32.3. The van der Waals surface area contributed by atoms with E-state index < -0.39 is 13.7 Å². The number of aliphatic hydroxyl groups is 1. The molecule has 4 N–H and O–H groups in total. The number of aromatic amines is 1. The van der Waals surface area contributed by atoms with Crippen LogP contribution in [0.4, 0.5) is 0 Å². The fourth-order valence-corrected chi connectivity index (χ4v) is 10.1. The summed E-state index contributed by atoms with van der Waals surface area (Å²) in [5.41, 5.74) is 1.03. The minimum Gasteiger partial charge on any atom is -0.506 e. The second-order valence-electron chi connectivity index (χ2n) is 19.4. The first kappa shape index (κ1) is 45.2. The van der Waals surface area contributed by atoms with Gasteiger partial charge >= 0.3 is 0 Å². The van der Waals surface area contributed by atoms with E-state index in [2.05, 4.69) is 49.1 Å². The number of ether oxygens (including phenoxy) is 1. The lowest BCUT2D eigenvalue weighted by Gasteiger charge is -2.37. The molecule has 2 aliphatic rings. The largest absolute Gasteiger partial charge is 0.506 e. The van der Waals surface area contributed by atoms with Crippen LogP contribution in [0.1, 0.15) is 134 Å². The predicted molar refractivity (Wildman–Crippen MR) is 243 cm³/mol. The van der Waals surface area contributed by atoms with Gasteiger partial charge in [0.15, 0.2) is 11.4 Å². The maximum Gasteiger partial charge on any atom is 0.248 e. The number of aromatic hydroxyl groups is 1. The topological polar surface area (TPSA) is 129 Å². The summed E-state index contributed by atoms with van der Waals surface area (Å²) in [7, 11) is -1.68. The van der Waals surface area contributed by atoms with Crippen molar-refractivity contribution < 1.29 is 14.9 Å². The summed E-state index contributed by atoms with van der Waals surface area (Å²) in [6, 6.07) is 17.0. The normalized spacial score (nSPS) is 18.0. The Kier molecular flexibility index (Phi) is 16.0. The van der Waals surface area contributed by atoms with Crippen molar-refractivity contribution in [2.45, 2.75) is 147 Å². The average Bonchev–Trinajstić information content (AvgIpc) is 3.71. The second kappa shape index (κ2) is 20.9. The third kappa shape index (κ3) is 11.9. The summed E-state index contributed by atoms with van der Waals surface area (Å²) >= 11 is 0. The molecular formula is C48H74N6O4Si. The maximum atomic E-state index is 12.2. The van der Waals surface area contributed by atoms with Gasteiger partial charge < -0.3 is 30.2 Å². The molecule has 4 aromatic rings. The van der Waals surface area contributed by atoms with E-state index in [1.54, 1.807) is 12.1 Å². The number of pyridine rings is 1. The van der Waals surface area contributed by atoms with Crippen molar-refractivity contribution in [3.8, 4) is 5.75 Å². The van der Waals surface area contributed by atoms with Crippen LogP contribution in [0.2, 0.25) is 18.1 Å². The number of piperidine rings is 1. The molecule has 0 bridgehead atoms. The van der Waals surface area contributed by atoms with Crippen LogP contribution < -0.4 is 10.9 Å². The first-order chi connectivity index (χ1) is 28.3. The smallest absolute Gasteiger partial charge is 0.248 e. The number of rotatable bonds is 21. The lowest BCUT2D eigenvalue weighted by molar-refractivity contribution is -0.00865. The molecule has 2 atom stereocenters. The number of H-pyrrole nitrogens is 1. The fourth-order valence-electron chi connectivity index (χ4n) is 9.00. The molecule has 11 heteroatoms. The number of fused-ring (bicyclic) bond motifs is 1. The van der Waals surface area contributed by atoms with E-state index >= 15 is 0 Å². The number of nitrogens with zero attached hydrogens (tertiary/aromatic N) is 4. The Bertz CT molecular complexity index is 1930. The highest BCUT2D eigenvalue weighted by Crippen LogP contribution is 2.43. The summed E-state index contributed by atoms with van der Waals surface area (Å²) in [6.07, 6.45) is 19.1. The first-order valence-electron chi connectivity index (χ1n) is 22.9. The third-order valence-corrected chi connectivity index (χ3v) is 19.0. The zero-order valence-electron chi connectivity index (χ0n) is 36.9. The summed E-state index contributed by atoms with van der Waals surface area (Å²) in [6.45, 7) is 17.7. The average molecular weight is 827 g/mol. The van der Waals surface area contributed by atoms with E-state index in [1.165, 1.54) is 70.4 Å². The van der Waals surface area contributed by atoms with Gasteiger partial charge in [0.05, 0.1) is 19.7 Å². The molecule has 3 heterocycles. The first-order valence-corrected chi connectivity index (χ1v) is 26.1. The molecule has 2 fully saturated rings. The highest BCUT2D eigenvalue weighted by Gasteiger charge is 2.44. The zero-order valence-corrected chi connectivity index (χ0v) is 37.9. The van der Waals surface area contributed by atoms with Crippen LogP contribution in [0.25, 0.3) is 10.9 Å². The second-order valence-corrected chi connectivity index (χ2v) is 25.0. The SMILES string of the molecule is CC(C)(C)[Si](C)(C)COC(CNCCCCCCCCCN1CCC(Cn2cnc(C(O)(c3ccccc3)C3CCCCC3)n2)CC1)c1ccc(O)c2[nH]c(=O)ccc12. The van der Waals surface area contributed by atoms with Gasteiger partial charge in [-0.05, 0) is 105 Å². The fraction of sp³-hybridized carbons (Fsp3) is 0.646. The van der Waals surface area contributed by atoms with Crippen molar-refractivity contribution >= 4 is 19.0 Å². The molecule has 1 aliphatic carbocycles. The van der Waals surface area contributed by atoms with E-state index in [-0.39, 0.29) is 28.4 Å². The number of unbranched alkanes of at least 4 members (excludes halogenated alkanes) is 6. The number of nitrogens with one attached hydrogen (secondary N) is 2. The lowest BCUT2D eigenvalue weighted by atomic mass is 9.73. The van der Waals surface area contributed by atoms with Crippen LogP contribution in [0.15, 0.2) is 65.7 Å².